The van der Waals surface area contributed by atoms with Gasteiger partial charge in [0.05, 0.1) is 22.3 Å². The van der Waals surface area contributed by atoms with Gasteiger partial charge in [0.15, 0.2) is 0 Å². The molecule has 0 amide bonds. The van der Waals surface area contributed by atoms with E-state index in [0.29, 0.717) is 11.4 Å². The zero-order valence-corrected chi connectivity index (χ0v) is 19.3. The maximum Gasteiger partial charge on any atom is 1.00 e. The van der Waals surface area contributed by atoms with Crippen molar-refractivity contribution < 1.29 is 42.5 Å². The second-order valence-electron chi connectivity index (χ2n) is 6.50. The standard InChI is InChI=1S/C21H17ClN2O3S.Na/c22-17-8-6-15(7-9-17)20-14-21(16-4-2-1-3-5-16)24(23-20)18-10-12-19(13-11-18)28(25,26)27;/h1-13,21H,14H2,(H,25,26,27);/q;+1. The van der Waals surface area contributed by atoms with E-state index in [4.69, 9.17) is 16.7 Å². The number of hydrogen-bond acceptors (Lipinski definition) is 4. The zero-order chi connectivity index (χ0) is 19.7. The minimum atomic E-state index is -4.23. The number of hydrogen-bond donors (Lipinski definition) is 1. The van der Waals surface area contributed by atoms with Crippen LogP contribution >= 0.6 is 11.6 Å². The molecule has 0 aromatic heterocycles. The average Bonchev–Trinajstić information content (AvgIpc) is 3.14. The van der Waals surface area contributed by atoms with E-state index in [1.807, 2.05) is 59.6 Å². The third-order valence-electron chi connectivity index (χ3n) is 4.67. The Kier molecular flexibility index (Phi) is 6.83. The third-order valence-corrected chi connectivity index (χ3v) is 5.79. The third kappa shape index (κ3) is 4.91. The van der Waals surface area contributed by atoms with Crippen molar-refractivity contribution in [1.82, 2.24) is 0 Å². The van der Waals surface area contributed by atoms with E-state index < -0.39 is 10.1 Å². The average molecular weight is 436 g/mol. The van der Waals surface area contributed by atoms with Crippen LogP contribution in [0.4, 0.5) is 5.69 Å². The van der Waals surface area contributed by atoms with Gasteiger partial charge in [-0.2, -0.15) is 13.5 Å². The van der Waals surface area contributed by atoms with Gasteiger partial charge >= 0.3 is 29.6 Å². The summed E-state index contributed by atoms with van der Waals surface area (Å²) in [4.78, 5) is -0.145. The molecule has 0 fully saturated rings. The minimum Gasteiger partial charge on any atom is -0.282 e. The Morgan fingerprint density at radius 1 is 0.931 bits per heavy atom. The molecular weight excluding hydrogens is 419 g/mol. The molecule has 29 heavy (non-hydrogen) atoms. The first-order valence-electron chi connectivity index (χ1n) is 8.67. The van der Waals surface area contributed by atoms with Crippen LogP contribution in [0, 0.1) is 0 Å². The minimum absolute atomic E-state index is 0. The summed E-state index contributed by atoms with van der Waals surface area (Å²) < 4.78 is 31.8. The molecule has 1 N–H and O–H groups in total. The molecule has 8 heteroatoms. The first-order valence-corrected chi connectivity index (χ1v) is 10.5. The van der Waals surface area contributed by atoms with Gasteiger partial charge in [0.1, 0.15) is 0 Å². The molecule has 1 aliphatic rings. The molecule has 0 bridgehead atoms. The second-order valence-corrected chi connectivity index (χ2v) is 8.36. The van der Waals surface area contributed by atoms with Crippen LogP contribution in [0.1, 0.15) is 23.6 Å². The molecule has 3 aromatic carbocycles. The van der Waals surface area contributed by atoms with Gasteiger partial charge in [0, 0.05) is 11.4 Å². The van der Waals surface area contributed by atoms with Crippen molar-refractivity contribution >= 4 is 33.1 Å². The Bertz CT molecular complexity index is 1120. The number of benzene rings is 3. The zero-order valence-electron chi connectivity index (χ0n) is 15.7. The summed E-state index contributed by atoms with van der Waals surface area (Å²) in [6.45, 7) is 0. The summed E-state index contributed by atoms with van der Waals surface area (Å²) in [6, 6.07) is 23.6. The fraction of sp³-hybridized carbons (Fsp3) is 0.0952. The van der Waals surface area contributed by atoms with E-state index in [1.54, 1.807) is 12.1 Å². The van der Waals surface area contributed by atoms with Crippen molar-refractivity contribution in [2.24, 2.45) is 5.10 Å². The Hall–Kier alpha value is -1.67. The summed E-state index contributed by atoms with van der Waals surface area (Å²) in [5.74, 6) is 0. The molecule has 1 heterocycles. The van der Waals surface area contributed by atoms with E-state index in [2.05, 4.69) is 0 Å². The van der Waals surface area contributed by atoms with Crippen LogP contribution in [0.15, 0.2) is 88.9 Å². The number of nitrogens with zero attached hydrogens (tertiary/aromatic N) is 2. The van der Waals surface area contributed by atoms with Gasteiger partial charge in [-0.25, -0.2) is 0 Å². The first-order chi connectivity index (χ1) is 13.4. The summed E-state index contributed by atoms with van der Waals surface area (Å²) in [5.41, 5.74) is 3.76. The molecule has 5 nitrogen and oxygen atoms in total. The van der Waals surface area contributed by atoms with Gasteiger partial charge in [-0.3, -0.25) is 9.56 Å². The fourth-order valence-corrected chi connectivity index (χ4v) is 3.88. The molecule has 0 saturated carbocycles. The topological polar surface area (TPSA) is 70.0 Å². The van der Waals surface area contributed by atoms with Crippen LogP contribution in [0.25, 0.3) is 0 Å². The van der Waals surface area contributed by atoms with Crippen molar-refractivity contribution in [1.29, 1.82) is 0 Å². The molecule has 142 valence electrons. The van der Waals surface area contributed by atoms with Crippen LogP contribution in [0.2, 0.25) is 5.02 Å². The number of halogens is 1. The van der Waals surface area contributed by atoms with E-state index in [0.717, 1.165) is 22.5 Å². The predicted octanol–water partition coefficient (Wildman–Crippen LogP) is 1.95. The predicted molar refractivity (Wildman–Crippen MR) is 111 cm³/mol. The van der Waals surface area contributed by atoms with E-state index in [9.17, 15) is 13.0 Å². The maximum absolute atomic E-state index is 11.3. The van der Waals surface area contributed by atoms with Crippen molar-refractivity contribution in [3.8, 4) is 0 Å². The first kappa shape index (κ1) is 22.0. The SMILES string of the molecule is O=S(=O)(O)c1ccc(N2N=C(c3ccc(Cl)cc3)CC2c2ccccc2)cc1.[Na+]. The van der Waals surface area contributed by atoms with Crippen LogP contribution in [0.3, 0.4) is 0 Å². The van der Waals surface area contributed by atoms with E-state index in [-0.39, 0.29) is 40.5 Å². The Labute approximate surface area is 197 Å². The normalized spacial score (nSPS) is 16.3. The number of rotatable bonds is 4. The maximum atomic E-state index is 11.3. The molecule has 0 aliphatic carbocycles. The number of anilines is 1. The van der Waals surface area contributed by atoms with Crippen molar-refractivity contribution in [2.75, 3.05) is 5.01 Å². The molecule has 0 saturated heterocycles. The Morgan fingerprint density at radius 3 is 2.14 bits per heavy atom. The van der Waals surface area contributed by atoms with Gasteiger partial charge < -0.3 is 0 Å². The van der Waals surface area contributed by atoms with Crippen LogP contribution < -0.4 is 34.6 Å². The molecule has 1 atom stereocenters. The summed E-state index contributed by atoms with van der Waals surface area (Å²) >= 11 is 6.00. The van der Waals surface area contributed by atoms with Crippen LogP contribution in [0.5, 0.6) is 0 Å². The molecule has 1 unspecified atom stereocenters. The largest absolute Gasteiger partial charge is 1.00 e. The summed E-state index contributed by atoms with van der Waals surface area (Å²) in [5, 5.41) is 7.35. The molecule has 3 aromatic rings. The van der Waals surface area contributed by atoms with Gasteiger partial charge in [0.25, 0.3) is 10.1 Å². The van der Waals surface area contributed by atoms with Crippen molar-refractivity contribution in [2.45, 2.75) is 17.4 Å². The van der Waals surface area contributed by atoms with Crippen LogP contribution in [-0.2, 0) is 10.1 Å². The monoisotopic (exact) mass is 435 g/mol. The number of hydrazone groups is 1. The van der Waals surface area contributed by atoms with Crippen molar-refractivity contribution in [3.63, 3.8) is 0 Å². The van der Waals surface area contributed by atoms with E-state index in [1.165, 1.54) is 12.1 Å². The van der Waals surface area contributed by atoms with Crippen LogP contribution in [-0.4, -0.2) is 18.7 Å². The quantitative estimate of drug-likeness (QED) is 0.502. The van der Waals surface area contributed by atoms with Gasteiger partial charge in [-0.05, 0) is 47.5 Å². The molecule has 0 spiro atoms. The molecular formula is C21H17ClN2NaO3S+. The van der Waals surface area contributed by atoms with Gasteiger partial charge in [-0.15, -0.1) is 0 Å². The smallest absolute Gasteiger partial charge is 0.282 e. The van der Waals surface area contributed by atoms with E-state index >= 15 is 0 Å². The molecule has 4 rings (SSSR count). The Balaban J connectivity index is 0.00000240. The Morgan fingerprint density at radius 2 is 1.55 bits per heavy atom. The molecule has 0 radical (unpaired) electrons. The second kappa shape index (κ2) is 9.00. The van der Waals surface area contributed by atoms with Gasteiger partial charge in [-0.1, -0.05) is 54.1 Å². The fourth-order valence-electron chi connectivity index (χ4n) is 3.27. The van der Waals surface area contributed by atoms with Crippen molar-refractivity contribution in [3.05, 3.63) is 95.0 Å². The van der Waals surface area contributed by atoms with Gasteiger partial charge in [0.2, 0.25) is 0 Å². The molecule has 1 aliphatic heterocycles. The summed E-state index contributed by atoms with van der Waals surface area (Å²) in [6.07, 6.45) is 0.700. The summed E-state index contributed by atoms with van der Waals surface area (Å²) in [7, 11) is -4.23.